The molecule has 0 aromatic carbocycles. The van der Waals surface area contributed by atoms with Gasteiger partial charge in [-0.1, -0.05) is 0 Å². The van der Waals surface area contributed by atoms with Crippen LogP contribution in [0.3, 0.4) is 0 Å². The van der Waals surface area contributed by atoms with E-state index in [2.05, 4.69) is 85.6 Å². The summed E-state index contributed by atoms with van der Waals surface area (Å²) in [5.74, 6) is 0. The van der Waals surface area contributed by atoms with Gasteiger partial charge in [0.15, 0.2) is 0 Å². The number of nitrogens with one attached hydrogen (secondary N) is 5. The average molecular weight is 396 g/mol. The van der Waals surface area contributed by atoms with Gasteiger partial charge in [-0.25, -0.2) is 0 Å². The molecule has 0 fully saturated rings. The fraction of sp³-hybridized carbons (Fsp3) is 0.200. The molecule has 5 nitrogen and oxygen atoms in total. The number of H-pyrrole nitrogens is 5. The van der Waals surface area contributed by atoms with E-state index in [4.69, 9.17) is 0 Å². The highest BCUT2D eigenvalue weighted by Crippen LogP contribution is 2.18. The summed E-state index contributed by atoms with van der Waals surface area (Å²) in [4.78, 5) is 17.9. The summed E-state index contributed by atoms with van der Waals surface area (Å²) in [6.45, 7) is 0. The van der Waals surface area contributed by atoms with E-state index in [9.17, 15) is 0 Å². The lowest BCUT2D eigenvalue weighted by molar-refractivity contribution is 0.947. The summed E-state index contributed by atoms with van der Waals surface area (Å²) in [6, 6.07) is 21.9. The van der Waals surface area contributed by atoms with Gasteiger partial charge in [-0.15, -0.1) is 0 Å². The van der Waals surface area contributed by atoms with Gasteiger partial charge in [0, 0.05) is 89.0 Å². The summed E-state index contributed by atoms with van der Waals surface area (Å²) >= 11 is 0. The number of rotatable bonds is 0. The van der Waals surface area contributed by atoms with E-state index in [1.165, 1.54) is 56.9 Å². The third-order valence-corrected chi connectivity index (χ3v) is 5.94. The van der Waals surface area contributed by atoms with Crippen molar-refractivity contribution in [2.75, 3.05) is 0 Å². The van der Waals surface area contributed by atoms with Crippen LogP contribution in [-0.4, -0.2) is 24.9 Å². The van der Waals surface area contributed by atoms with E-state index in [1.54, 1.807) is 0 Å². The Morgan fingerprint density at radius 2 is 0.400 bits per heavy atom. The van der Waals surface area contributed by atoms with Crippen molar-refractivity contribution in [3.8, 4) is 0 Å². The standard InChI is InChI=1S/C25H25N5/c1-2-17-12-19-5-6-21(28-19)14-23-9-10-25(30-23)15-24-8-7-22(29-24)13-20-4-3-18(27-20)11-16(1)26-17/h1-10,26-30H,11-15H2. The molecule has 0 atom stereocenters. The zero-order chi connectivity index (χ0) is 19.9. The predicted octanol–water partition coefficient (Wildman–Crippen LogP) is 4.59. The average Bonchev–Trinajstić information content (AvgIpc) is 3.52. The second-order valence-electron chi connectivity index (χ2n) is 8.43. The van der Waals surface area contributed by atoms with Crippen molar-refractivity contribution < 1.29 is 0 Å². The Kier molecular flexibility index (Phi) is 4.04. The van der Waals surface area contributed by atoms with E-state index in [-0.39, 0.29) is 0 Å². The Morgan fingerprint density at radius 1 is 0.267 bits per heavy atom. The smallest absolute Gasteiger partial charge is 0.0278 e. The van der Waals surface area contributed by atoms with Crippen LogP contribution >= 0.6 is 0 Å². The third-order valence-electron chi connectivity index (χ3n) is 5.94. The monoisotopic (exact) mass is 395 g/mol. The quantitative estimate of drug-likeness (QED) is 0.249. The van der Waals surface area contributed by atoms with Crippen LogP contribution in [0, 0.1) is 0 Å². The number of fused-ring (bicyclic) bond motifs is 10. The molecule has 0 saturated heterocycles. The molecule has 5 heteroatoms. The Hall–Kier alpha value is -3.60. The molecule has 0 amide bonds. The van der Waals surface area contributed by atoms with E-state index in [0.29, 0.717) is 0 Å². The van der Waals surface area contributed by atoms with Gasteiger partial charge in [-0.2, -0.15) is 0 Å². The summed E-state index contributed by atoms with van der Waals surface area (Å²) in [6.07, 6.45) is 4.44. The number of hydrogen-bond donors (Lipinski definition) is 5. The van der Waals surface area contributed by atoms with Crippen LogP contribution in [0.25, 0.3) is 0 Å². The first-order valence-corrected chi connectivity index (χ1v) is 10.6. The fourth-order valence-electron chi connectivity index (χ4n) is 4.51. The van der Waals surface area contributed by atoms with Gasteiger partial charge in [-0.05, 0) is 60.7 Å². The molecule has 0 aliphatic carbocycles. The lowest BCUT2D eigenvalue weighted by atomic mass is 10.2. The van der Waals surface area contributed by atoms with Crippen molar-refractivity contribution >= 4 is 0 Å². The van der Waals surface area contributed by atoms with Gasteiger partial charge < -0.3 is 24.9 Å². The molecule has 0 radical (unpaired) electrons. The number of aromatic nitrogens is 5. The van der Waals surface area contributed by atoms with Crippen LogP contribution in [0.15, 0.2) is 60.7 Å². The van der Waals surface area contributed by atoms with Crippen LogP contribution in [0.4, 0.5) is 0 Å². The zero-order valence-corrected chi connectivity index (χ0v) is 16.8. The lowest BCUT2D eigenvalue weighted by Crippen LogP contribution is -1.96. The van der Waals surface area contributed by atoms with Gasteiger partial charge in [0.2, 0.25) is 0 Å². The highest BCUT2D eigenvalue weighted by molar-refractivity contribution is 5.29. The molecule has 6 rings (SSSR count). The third kappa shape index (κ3) is 3.54. The normalized spacial score (nSPS) is 14.0. The fourth-order valence-corrected chi connectivity index (χ4v) is 4.51. The van der Waals surface area contributed by atoms with Crippen LogP contribution in [0.2, 0.25) is 0 Å². The summed E-state index contributed by atoms with van der Waals surface area (Å²) < 4.78 is 0. The molecule has 6 heterocycles. The summed E-state index contributed by atoms with van der Waals surface area (Å²) in [7, 11) is 0. The first-order valence-electron chi connectivity index (χ1n) is 10.6. The second-order valence-corrected chi connectivity index (χ2v) is 8.43. The Balaban J connectivity index is 1.34. The molecule has 0 unspecified atom stereocenters. The van der Waals surface area contributed by atoms with Crippen molar-refractivity contribution in [1.29, 1.82) is 0 Å². The molecule has 5 aromatic rings. The molecule has 150 valence electrons. The molecule has 5 N–H and O–H groups in total. The van der Waals surface area contributed by atoms with Crippen LogP contribution < -0.4 is 0 Å². The molecular weight excluding hydrogens is 370 g/mol. The van der Waals surface area contributed by atoms with Crippen molar-refractivity contribution in [1.82, 2.24) is 24.9 Å². The molecule has 0 saturated carbocycles. The van der Waals surface area contributed by atoms with Crippen molar-refractivity contribution in [2.24, 2.45) is 0 Å². The first kappa shape index (κ1) is 17.3. The van der Waals surface area contributed by atoms with Gasteiger partial charge in [0.25, 0.3) is 0 Å². The van der Waals surface area contributed by atoms with Gasteiger partial charge >= 0.3 is 0 Å². The SMILES string of the molecule is c1cc2[nH]c1Cc1ccc([nH]1)Cc1ccc([nH]1)Cc1ccc([nH]1)Cc1ccc([nH]1)C2. The van der Waals surface area contributed by atoms with Crippen molar-refractivity contribution in [2.45, 2.75) is 32.1 Å². The molecule has 10 bridgehead atoms. The molecule has 30 heavy (non-hydrogen) atoms. The van der Waals surface area contributed by atoms with E-state index in [0.717, 1.165) is 32.1 Å². The lowest BCUT2D eigenvalue weighted by Gasteiger charge is -2.01. The maximum Gasteiger partial charge on any atom is 0.0278 e. The van der Waals surface area contributed by atoms with Crippen LogP contribution in [0.5, 0.6) is 0 Å². The summed E-state index contributed by atoms with van der Waals surface area (Å²) in [5.41, 5.74) is 12.4. The largest absolute Gasteiger partial charge is 0.362 e. The maximum absolute atomic E-state index is 3.58. The van der Waals surface area contributed by atoms with E-state index >= 15 is 0 Å². The van der Waals surface area contributed by atoms with E-state index < -0.39 is 0 Å². The Morgan fingerprint density at radius 3 is 0.533 bits per heavy atom. The van der Waals surface area contributed by atoms with Gasteiger partial charge in [0.05, 0.1) is 0 Å². The zero-order valence-electron chi connectivity index (χ0n) is 16.8. The van der Waals surface area contributed by atoms with Crippen molar-refractivity contribution in [3.63, 3.8) is 0 Å². The van der Waals surface area contributed by atoms with Crippen LogP contribution in [-0.2, 0) is 32.1 Å². The number of hydrogen-bond acceptors (Lipinski definition) is 0. The van der Waals surface area contributed by atoms with Gasteiger partial charge in [-0.3, -0.25) is 0 Å². The Labute approximate surface area is 175 Å². The summed E-state index contributed by atoms with van der Waals surface area (Å²) in [5, 5.41) is 0. The molecule has 5 aromatic heterocycles. The van der Waals surface area contributed by atoms with E-state index in [1.807, 2.05) is 0 Å². The first-order chi connectivity index (χ1) is 14.7. The minimum absolute atomic E-state index is 0.889. The number of aromatic amines is 5. The minimum Gasteiger partial charge on any atom is -0.362 e. The molecular formula is C25H25N5. The maximum atomic E-state index is 3.58. The highest BCUT2D eigenvalue weighted by Gasteiger charge is 2.09. The van der Waals surface area contributed by atoms with Crippen molar-refractivity contribution in [3.05, 3.63) is 118 Å². The Bertz CT molecular complexity index is 972. The topological polar surface area (TPSA) is 78.9 Å². The minimum atomic E-state index is 0.889. The van der Waals surface area contributed by atoms with Gasteiger partial charge in [0.1, 0.15) is 0 Å². The predicted molar refractivity (Wildman–Crippen MR) is 118 cm³/mol. The highest BCUT2D eigenvalue weighted by atomic mass is 14.8. The second kappa shape index (κ2) is 7.02. The molecule has 1 aliphatic heterocycles. The molecule has 0 spiro atoms. The molecule has 1 aliphatic rings. The van der Waals surface area contributed by atoms with Crippen LogP contribution in [0.1, 0.15) is 56.9 Å².